The molecule has 1 aromatic heterocycles. The van der Waals surface area contributed by atoms with Crippen molar-refractivity contribution >= 4 is 16.7 Å². The molecule has 1 heterocycles. The minimum atomic E-state index is -0.347. The van der Waals surface area contributed by atoms with Gasteiger partial charge in [0.15, 0.2) is 5.78 Å². The molecule has 2 aromatic rings. The van der Waals surface area contributed by atoms with Crippen LogP contribution in [0, 0.1) is 0 Å². The van der Waals surface area contributed by atoms with Crippen molar-refractivity contribution in [2.75, 3.05) is 0 Å². The van der Waals surface area contributed by atoms with Crippen molar-refractivity contribution in [2.45, 2.75) is 45.6 Å². The number of Topliss-reactive ketones (excluding diaryl/α,β-unsaturated/α-hetero) is 1. The molecule has 3 heteroatoms. The standard InChI is InChI=1S/C17H21NO2/c1-3-4-5-9-15(13(2)19)18-16-10-7-6-8-14(16)11-12-17(18)20/h6-8,10-12,15H,3-5,9H2,1-2H3. The molecule has 0 aliphatic carbocycles. The van der Waals surface area contributed by atoms with E-state index in [-0.39, 0.29) is 17.4 Å². The Morgan fingerprint density at radius 1 is 1.15 bits per heavy atom. The maximum absolute atomic E-state index is 12.2. The van der Waals surface area contributed by atoms with Crippen molar-refractivity contribution in [3.05, 3.63) is 46.8 Å². The second-order valence-electron chi connectivity index (χ2n) is 5.22. The first-order chi connectivity index (χ1) is 9.65. The zero-order valence-corrected chi connectivity index (χ0v) is 12.1. The molecule has 20 heavy (non-hydrogen) atoms. The van der Waals surface area contributed by atoms with Crippen LogP contribution < -0.4 is 5.56 Å². The number of carbonyl (C=O) groups is 1. The van der Waals surface area contributed by atoms with Crippen molar-refractivity contribution in [1.82, 2.24) is 4.57 Å². The lowest BCUT2D eigenvalue weighted by Gasteiger charge is -2.19. The summed E-state index contributed by atoms with van der Waals surface area (Å²) in [6.07, 6.45) is 3.89. The summed E-state index contributed by atoms with van der Waals surface area (Å²) in [4.78, 5) is 24.2. The number of unbranched alkanes of at least 4 members (excludes halogenated alkanes) is 2. The lowest BCUT2D eigenvalue weighted by Crippen LogP contribution is -2.28. The summed E-state index contributed by atoms with van der Waals surface area (Å²) in [7, 11) is 0. The van der Waals surface area contributed by atoms with E-state index in [1.807, 2.05) is 30.3 Å². The summed E-state index contributed by atoms with van der Waals surface area (Å²) in [5, 5.41) is 0.994. The van der Waals surface area contributed by atoms with E-state index in [2.05, 4.69) is 6.92 Å². The molecule has 2 rings (SSSR count). The number of ketones is 1. The van der Waals surface area contributed by atoms with Crippen LogP contribution in [0.25, 0.3) is 10.9 Å². The quantitative estimate of drug-likeness (QED) is 0.751. The van der Waals surface area contributed by atoms with E-state index in [0.717, 1.165) is 36.6 Å². The Kier molecular flexibility index (Phi) is 4.72. The van der Waals surface area contributed by atoms with E-state index in [9.17, 15) is 9.59 Å². The maximum atomic E-state index is 12.2. The van der Waals surface area contributed by atoms with Gasteiger partial charge in [-0.2, -0.15) is 0 Å². The highest BCUT2D eigenvalue weighted by molar-refractivity contribution is 5.84. The number of rotatable bonds is 6. The van der Waals surface area contributed by atoms with Crippen LogP contribution in [0.1, 0.15) is 45.6 Å². The zero-order chi connectivity index (χ0) is 14.5. The fourth-order valence-corrected chi connectivity index (χ4v) is 2.63. The molecule has 106 valence electrons. The molecule has 1 aromatic carbocycles. The molecule has 0 saturated heterocycles. The average Bonchev–Trinajstić information content (AvgIpc) is 2.44. The van der Waals surface area contributed by atoms with Crippen molar-refractivity contribution in [3.8, 4) is 0 Å². The van der Waals surface area contributed by atoms with Gasteiger partial charge in [0.2, 0.25) is 0 Å². The monoisotopic (exact) mass is 271 g/mol. The highest BCUT2D eigenvalue weighted by atomic mass is 16.1. The van der Waals surface area contributed by atoms with E-state index < -0.39 is 0 Å². The van der Waals surface area contributed by atoms with E-state index in [4.69, 9.17) is 0 Å². The lowest BCUT2D eigenvalue weighted by atomic mass is 10.0. The van der Waals surface area contributed by atoms with E-state index >= 15 is 0 Å². The van der Waals surface area contributed by atoms with Gasteiger partial charge < -0.3 is 0 Å². The van der Waals surface area contributed by atoms with Crippen molar-refractivity contribution in [3.63, 3.8) is 0 Å². The Hall–Kier alpha value is -1.90. The van der Waals surface area contributed by atoms with E-state index in [0.29, 0.717) is 0 Å². The number of fused-ring (bicyclic) bond motifs is 1. The number of pyridine rings is 1. The number of carbonyl (C=O) groups excluding carboxylic acids is 1. The third kappa shape index (κ3) is 2.98. The molecular weight excluding hydrogens is 250 g/mol. The van der Waals surface area contributed by atoms with Gasteiger partial charge in [-0.3, -0.25) is 14.2 Å². The van der Waals surface area contributed by atoms with Crippen LogP contribution in [0.4, 0.5) is 0 Å². The Morgan fingerprint density at radius 3 is 2.60 bits per heavy atom. The van der Waals surface area contributed by atoms with E-state index in [1.54, 1.807) is 17.6 Å². The second-order valence-corrected chi connectivity index (χ2v) is 5.22. The van der Waals surface area contributed by atoms with Crippen LogP contribution in [0.15, 0.2) is 41.2 Å². The number of nitrogens with zero attached hydrogens (tertiary/aromatic N) is 1. The summed E-state index contributed by atoms with van der Waals surface area (Å²) in [6.45, 7) is 3.71. The summed E-state index contributed by atoms with van der Waals surface area (Å²) in [5.74, 6) is 0.0551. The fourth-order valence-electron chi connectivity index (χ4n) is 2.63. The third-order valence-corrected chi connectivity index (χ3v) is 3.70. The van der Waals surface area contributed by atoms with Gasteiger partial charge in [0.25, 0.3) is 5.56 Å². The lowest BCUT2D eigenvalue weighted by molar-refractivity contribution is -0.120. The summed E-state index contributed by atoms with van der Waals surface area (Å²) >= 11 is 0. The molecule has 0 N–H and O–H groups in total. The number of hydrogen-bond donors (Lipinski definition) is 0. The van der Waals surface area contributed by atoms with Gasteiger partial charge in [-0.15, -0.1) is 0 Å². The van der Waals surface area contributed by atoms with Gasteiger partial charge in [0.1, 0.15) is 0 Å². The first-order valence-electron chi connectivity index (χ1n) is 7.26. The molecule has 0 bridgehead atoms. The molecule has 0 radical (unpaired) electrons. The molecule has 0 spiro atoms. The number of benzene rings is 1. The fraction of sp³-hybridized carbons (Fsp3) is 0.412. The number of aromatic nitrogens is 1. The normalized spacial score (nSPS) is 12.5. The minimum Gasteiger partial charge on any atom is -0.298 e. The van der Waals surface area contributed by atoms with Crippen LogP contribution >= 0.6 is 0 Å². The highest BCUT2D eigenvalue weighted by Gasteiger charge is 2.18. The Bertz CT molecular complexity index is 657. The van der Waals surface area contributed by atoms with Crippen LogP contribution in [0.2, 0.25) is 0 Å². The predicted octanol–water partition coefficient (Wildman–Crippen LogP) is 3.71. The minimum absolute atomic E-state index is 0.0551. The molecule has 0 amide bonds. The second kappa shape index (κ2) is 6.51. The van der Waals surface area contributed by atoms with Gasteiger partial charge >= 0.3 is 0 Å². The first-order valence-corrected chi connectivity index (χ1v) is 7.26. The number of hydrogen-bond acceptors (Lipinski definition) is 2. The van der Waals surface area contributed by atoms with Gasteiger partial charge in [0.05, 0.1) is 11.6 Å². The Morgan fingerprint density at radius 2 is 1.90 bits per heavy atom. The first kappa shape index (κ1) is 14.5. The summed E-state index contributed by atoms with van der Waals surface area (Å²) < 4.78 is 1.66. The molecule has 0 aliphatic heterocycles. The van der Waals surface area contributed by atoms with Crippen molar-refractivity contribution in [2.24, 2.45) is 0 Å². The Balaban J connectivity index is 2.49. The van der Waals surface area contributed by atoms with Crippen molar-refractivity contribution < 1.29 is 4.79 Å². The summed E-state index contributed by atoms with van der Waals surface area (Å²) in [6, 6.07) is 10.7. The molecule has 1 atom stereocenters. The summed E-state index contributed by atoms with van der Waals surface area (Å²) in [5.41, 5.74) is 0.747. The van der Waals surface area contributed by atoms with Gasteiger partial charge in [-0.25, -0.2) is 0 Å². The molecular formula is C17H21NO2. The highest BCUT2D eigenvalue weighted by Crippen LogP contribution is 2.21. The number of para-hydroxylation sites is 1. The van der Waals surface area contributed by atoms with Crippen molar-refractivity contribution in [1.29, 1.82) is 0 Å². The topological polar surface area (TPSA) is 39.1 Å². The molecule has 0 saturated carbocycles. The Labute approximate surface area is 119 Å². The predicted molar refractivity (Wildman–Crippen MR) is 82.1 cm³/mol. The maximum Gasteiger partial charge on any atom is 0.251 e. The third-order valence-electron chi connectivity index (χ3n) is 3.70. The van der Waals surface area contributed by atoms with Gasteiger partial charge in [-0.1, -0.05) is 44.4 Å². The van der Waals surface area contributed by atoms with Crippen LogP contribution in [-0.4, -0.2) is 10.4 Å². The molecule has 0 fully saturated rings. The zero-order valence-electron chi connectivity index (χ0n) is 12.1. The van der Waals surface area contributed by atoms with Crippen LogP contribution in [0.5, 0.6) is 0 Å². The van der Waals surface area contributed by atoms with Gasteiger partial charge in [-0.05, 0) is 30.9 Å². The SMILES string of the molecule is CCCCCC(C(C)=O)n1c(=O)ccc2ccccc21. The molecule has 0 aliphatic rings. The smallest absolute Gasteiger partial charge is 0.251 e. The average molecular weight is 271 g/mol. The van der Waals surface area contributed by atoms with E-state index in [1.165, 1.54) is 0 Å². The molecule has 1 unspecified atom stereocenters. The van der Waals surface area contributed by atoms with Crippen LogP contribution in [-0.2, 0) is 4.79 Å². The van der Waals surface area contributed by atoms with Crippen LogP contribution in [0.3, 0.4) is 0 Å². The largest absolute Gasteiger partial charge is 0.298 e. The van der Waals surface area contributed by atoms with Gasteiger partial charge in [0, 0.05) is 6.07 Å². The molecule has 3 nitrogen and oxygen atoms in total.